The topological polar surface area (TPSA) is 41.6 Å². The second-order valence-electron chi connectivity index (χ2n) is 3.42. The minimum Gasteiger partial charge on any atom is -0.469 e. The molecule has 0 atom stereocenters. The number of carbonyl (C=O) groups is 1. The van der Waals surface area contributed by atoms with Crippen LogP contribution in [0.4, 0.5) is 0 Å². The quantitative estimate of drug-likeness (QED) is 0.536. The molecule has 0 aliphatic carbocycles. The lowest BCUT2D eigenvalue weighted by atomic mass is 10.5. The number of hydrogen-bond acceptors (Lipinski definition) is 5. The van der Waals surface area contributed by atoms with Crippen LogP contribution in [0.2, 0.25) is 0 Å². The van der Waals surface area contributed by atoms with Crippen LogP contribution in [0.3, 0.4) is 0 Å². The van der Waals surface area contributed by atoms with Crippen LogP contribution in [0, 0.1) is 0 Å². The van der Waals surface area contributed by atoms with Crippen molar-refractivity contribution in [3.8, 4) is 0 Å². The van der Waals surface area contributed by atoms with E-state index in [2.05, 4.69) is 28.8 Å². The van der Waals surface area contributed by atoms with Gasteiger partial charge in [-0.3, -0.25) is 4.79 Å². The molecule has 0 unspecified atom stereocenters. The average Bonchev–Trinajstić information content (AvgIpc) is 2.34. The number of nitrogens with one attached hydrogen (secondary N) is 1. The first-order chi connectivity index (χ1) is 8.13. The summed E-state index contributed by atoms with van der Waals surface area (Å²) in [6.07, 6.45) is 0.402. The molecular formula is C11H22N2O2S2. The molecule has 0 radical (unpaired) electrons. The van der Waals surface area contributed by atoms with Gasteiger partial charge in [0.25, 0.3) is 0 Å². The number of thioether (sulfide) groups is 1. The number of ether oxygens (including phenoxy) is 1. The van der Waals surface area contributed by atoms with Gasteiger partial charge in [-0.2, -0.15) is 0 Å². The van der Waals surface area contributed by atoms with Crippen LogP contribution < -0.4 is 5.32 Å². The molecule has 100 valence electrons. The van der Waals surface area contributed by atoms with Gasteiger partial charge in [-0.05, 0) is 13.1 Å². The summed E-state index contributed by atoms with van der Waals surface area (Å²) >= 11 is 6.64. The number of nitrogens with zero attached hydrogens (tertiary/aromatic N) is 1. The van der Waals surface area contributed by atoms with Crippen LogP contribution in [0.15, 0.2) is 0 Å². The summed E-state index contributed by atoms with van der Waals surface area (Å²) in [6.45, 7) is 8.25. The SMILES string of the molecule is CCN(CC)CCNC(=S)SCCC(=O)OC. The molecular weight excluding hydrogens is 256 g/mol. The van der Waals surface area contributed by atoms with Crippen LogP contribution in [-0.2, 0) is 9.53 Å². The van der Waals surface area contributed by atoms with Crippen LogP contribution in [0.1, 0.15) is 20.3 Å². The minimum absolute atomic E-state index is 0.191. The summed E-state index contributed by atoms with van der Waals surface area (Å²) in [5.74, 6) is 0.479. The largest absolute Gasteiger partial charge is 0.469 e. The molecule has 4 nitrogen and oxygen atoms in total. The first-order valence-corrected chi connectivity index (χ1v) is 7.23. The highest BCUT2D eigenvalue weighted by Crippen LogP contribution is 2.04. The molecule has 0 aromatic rings. The van der Waals surface area contributed by atoms with Crippen molar-refractivity contribution < 1.29 is 9.53 Å². The summed E-state index contributed by atoms with van der Waals surface area (Å²) < 4.78 is 5.30. The summed E-state index contributed by atoms with van der Waals surface area (Å²) in [5, 5.41) is 3.17. The number of hydrogen-bond donors (Lipinski definition) is 1. The van der Waals surface area contributed by atoms with E-state index in [9.17, 15) is 4.79 Å². The first kappa shape index (κ1) is 16.7. The third kappa shape index (κ3) is 9.38. The second kappa shape index (κ2) is 10.8. The number of esters is 1. The zero-order valence-electron chi connectivity index (χ0n) is 10.8. The van der Waals surface area contributed by atoms with Gasteiger partial charge in [-0.15, -0.1) is 0 Å². The highest BCUT2D eigenvalue weighted by atomic mass is 32.2. The molecule has 0 heterocycles. The highest BCUT2D eigenvalue weighted by Gasteiger charge is 2.03. The van der Waals surface area contributed by atoms with Gasteiger partial charge in [-0.1, -0.05) is 37.8 Å². The molecule has 0 spiro atoms. The maximum Gasteiger partial charge on any atom is 0.306 e. The van der Waals surface area contributed by atoms with Crippen LogP contribution in [0.25, 0.3) is 0 Å². The Kier molecular flexibility index (Phi) is 10.6. The van der Waals surface area contributed by atoms with Gasteiger partial charge in [-0.25, -0.2) is 0 Å². The number of rotatable bonds is 8. The molecule has 6 heteroatoms. The van der Waals surface area contributed by atoms with Gasteiger partial charge < -0.3 is 15.0 Å². The lowest BCUT2D eigenvalue weighted by Crippen LogP contribution is -2.33. The van der Waals surface area contributed by atoms with Gasteiger partial charge in [0.05, 0.1) is 13.5 Å². The van der Waals surface area contributed by atoms with Gasteiger partial charge in [0.15, 0.2) is 0 Å². The molecule has 0 fully saturated rings. The van der Waals surface area contributed by atoms with E-state index in [4.69, 9.17) is 12.2 Å². The lowest BCUT2D eigenvalue weighted by Gasteiger charge is -2.18. The molecule has 17 heavy (non-hydrogen) atoms. The van der Waals surface area contributed by atoms with E-state index in [1.54, 1.807) is 0 Å². The van der Waals surface area contributed by atoms with Crippen molar-refractivity contribution in [1.82, 2.24) is 10.2 Å². The predicted molar refractivity (Wildman–Crippen MR) is 77.5 cm³/mol. The zero-order chi connectivity index (χ0) is 13.1. The van der Waals surface area contributed by atoms with Crippen molar-refractivity contribution in [2.75, 3.05) is 39.0 Å². The molecule has 0 amide bonds. The lowest BCUT2D eigenvalue weighted by molar-refractivity contribution is -0.140. The Morgan fingerprint density at radius 1 is 1.41 bits per heavy atom. The van der Waals surface area contributed by atoms with Crippen LogP contribution in [-0.4, -0.2) is 54.2 Å². The Bertz CT molecular complexity index is 234. The molecule has 0 rings (SSSR count). The Labute approximate surface area is 113 Å². The first-order valence-electron chi connectivity index (χ1n) is 5.83. The highest BCUT2D eigenvalue weighted by molar-refractivity contribution is 8.22. The second-order valence-corrected chi connectivity index (χ2v) is 5.19. The number of likely N-dealkylation sites (N-methyl/N-ethyl adjacent to an activating group) is 1. The fraction of sp³-hybridized carbons (Fsp3) is 0.818. The molecule has 1 N–H and O–H groups in total. The fourth-order valence-corrected chi connectivity index (χ4v) is 2.25. The van der Waals surface area contributed by atoms with E-state index in [0.717, 1.165) is 30.5 Å². The van der Waals surface area contributed by atoms with Crippen molar-refractivity contribution in [1.29, 1.82) is 0 Å². The van der Waals surface area contributed by atoms with Crippen molar-refractivity contribution in [2.24, 2.45) is 0 Å². The molecule has 0 aliphatic heterocycles. The Balaban J connectivity index is 3.49. The van der Waals surface area contributed by atoms with Gasteiger partial charge >= 0.3 is 5.97 Å². The maximum atomic E-state index is 10.9. The summed E-state index contributed by atoms with van der Waals surface area (Å²) in [5.41, 5.74) is 0. The number of methoxy groups -OCH3 is 1. The molecule has 0 aliphatic rings. The van der Waals surface area contributed by atoms with Crippen molar-refractivity contribution in [2.45, 2.75) is 20.3 Å². The number of carbonyl (C=O) groups excluding carboxylic acids is 1. The molecule has 0 bridgehead atoms. The van der Waals surface area contributed by atoms with E-state index in [-0.39, 0.29) is 5.97 Å². The maximum absolute atomic E-state index is 10.9. The van der Waals surface area contributed by atoms with Crippen molar-refractivity contribution in [3.05, 3.63) is 0 Å². The van der Waals surface area contributed by atoms with Crippen LogP contribution in [0.5, 0.6) is 0 Å². The Hall–Kier alpha value is -0.330. The van der Waals surface area contributed by atoms with E-state index < -0.39 is 0 Å². The fourth-order valence-electron chi connectivity index (χ4n) is 1.24. The summed E-state index contributed by atoms with van der Waals surface area (Å²) in [4.78, 5) is 13.2. The van der Waals surface area contributed by atoms with E-state index in [0.29, 0.717) is 12.2 Å². The molecule has 0 saturated carbocycles. The van der Waals surface area contributed by atoms with Crippen molar-refractivity contribution >= 4 is 34.3 Å². The van der Waals surface area contributed by atoms with Gasteiger partial charge in [0.2, 0.25) is 0 Å². The third-order valence-corrected chi connectivity index (χ3v) is 3.67. The predicted octanol–water partition coefficient (Wildman–Crippen LogP) is 1.50. The Morgan fingerprint density at radius 3 is 2.59 bits per heavy atom. The Morgan fingerprint density at radius 2 is 2.06 bits per heavy atom. The summed E-state index contributed by atoms with van der Waals surface area (Å²) in [7, 11) is 1.40. The summed E-state index contributed by atoms with van der Waals surface area (Å²) in [6, 6.07) is 0. The average molecular weight is 278 g/mol. The van der Waals surface area contributed by atoms with Crippen LogP contribution >= 0.6 is 24.0 Å². The molecule has 0 aromatic carbocycles. The van der Waals surface area contributed by atoms with Crippen molar-refractivity contribution in [3.63, 3.8) is 0 Å². The van der Waals surface area contributed by atoms with E-state index in [1.807, 2.05) is 0 Å². The van der Waals surface area contributed by atoms with Gasteiger partial charge in [0, 0.05) is 18.8 Å². The van der Waals surface area contributed by atoms with E-state index in [1.165, 1.54) is 18.9 Å². The normalized spacial score (nSPS) is 10.4. The smallest absolute Gasteiger partial charge is 0.306 e. The molecule has 0 aromatic heterocycles. The van der Waals surface area contributed by atoms with Gasteiger partial charge in [0.1, 0.15) is 4.32 Å². The monoisotopic (exact) mass is 278 g/mol. The third-order valence-electron chi connectivity index (χ3n) is 2.36. The number of thiocarbonyl (C=S) groups is 1. The molecule has 0 saturated heterocycles. The zero-order valence-corrected chi connectivity index (χ0v) is 12.5. The minimum atomic E-state index is -0.191. The standard InChI is InChI=1S/C11H22N2O2S2/c1-4-13(5-2)8-7-12-11(16)17-9-6-10(14)15-3/h4-9H2,1-3H3,(H,12,16). The van der Waals surface area contributed by atoms with E-state index >= 15 is 0 Å².